The topological polar surface area (TPSA) is 42.2 Å². The zero-order valence-electron chi connectivity index (χ0n) is 7.87. The van der Waals surface area contributed by atoms with Crippen LogP contribution < -0.4 is 5.32 Å². The zero-order chi connectivity index (χ0) is 9.97. The van der Waals surface area contributed by atoms with Crippen molar-refractivity contribution in [1.29, 1.82) is 0 Å². The number of imidazole rings is 1. The number of nitrogens with one attached hydrogen (secondary N) is 1. The summed E-state index contributed by atoms with van der Waals surface area (Å²) in [6.45, 7) is 0.914. The minimum absolute atomic E-state index is 0.590. The monoisotopic (exact) mass is 210 g/mol. The maximum Gasteiger partial charge on any atom is 0.235 e. The van der Waals surface area contributed by atoms with E-state index in [-0.39, 0.29) is 0 Å². The van der Waals surface area contributed by atoms with E-state index in [1.54, 1.807) is 10.6 Å². The highest BCUT2D eigenvalue weighted by Gasteiger charge is 2.02. The Labute approximate surface area is 86.9 Å². The van der Waals surface area contributed by atoms with Crippen molar-refractivity contribution in [2.24, 2.45) is 0 Å². The number of nitrogens with zero attached hydrogens (tertiary/aromatic N) is 3. The summed E-state index contributed by atoms with van der Waals surface area (Å²) in [7, 11) is 1.92. The maximum absolute atomic E-state index is 5.88. The Morgan fingerprint density at radius 1 is 1.57 bits per heavy atom. The smallest absolute Gasteiger partial charge is 0.235 e. The molecule has 1 N–H and O–H groups in total. The lowest BCUT2D eigenvalue weighted by Gasteiger charge is -2.00. The first kappa shape index (κ1) is 9.43. The summed E-state index contributed by atoms with van der Waals surface area (Å²) in [4.78, 5) is 8.45. The molecule has 0 atom stereocenters. The Morgan fingerprint density at radius 2 is 2.43 bits per heavy atom. The number of hydrogen-bond acceptors (Lipinski definition) is 3. The molecule has 5 heteroatoms. The molecule has 0 fully saturated rings. The third-order valence-corrected chi connectivity index (χ3v) is 2.30. The number of likely N-dealkylation sites (N-methyl/N-ethyl adjacent to an activating group) is 1. The van der Waals surface area contributed by atoms with Crippen LogP contribution in [0.2, 0.25) is 5.15 Å². The van der Waals surface area contributed by atoms with Crippen LogP contribution in [-0.2, 0) is 6.42 Å². The molecule has 0 amide bonds. The molecule has 0 aliphatic rings. The predicted molar refractivity (Wildman–Crippen MR) is 55.6 cm³/mol. The fraction of sp³-hybridized carbons (Fsp3) is 0.333. The molecule has 14 heavy (non-hydrogen) atoms. The average molecular weight is 211 g/mol. The van der Waals surface area contributed by atoms with Crippen LogP contribution in [0.4, 0.5) is 0 Å². The van der Waals surface area contributed by atoms with Gasteiger partial charge in [0.05, 0.1) is 6.20 Å². The molecule has 0 radical (unpaired) electrons. The van der Waals surface area contributed by atoms with Crippen LogP contribution in [0.1, 0.15) is 5.69 Å². The first-order chi connectivity index (χ1) is 6.81. The van der Waals surface area contributed by atoms with Gasteiger partial charge in [0.1, 0.15) is 5.15 Å². The summed E-state index contributed by atoms with van der Waals surface area (Å²) in [5.41, 5.74) is 1.02. The lowest BCUT2D eigenvalue weighted by Crippen LogP contribution is -2.11. The fourth-order valence-corrected chi connectivity index (χ4v) is 1.45. The van der Waals surface area contributed by atoms with Crippen LogP contribution in [0.25, 0.3) is 5.78 Å². The van der Waals surface area contributed by atoms with Crippen LogP contribution in [0, 0.1) is 0 Å². The van der Waals surface area contributed by atoms with E-state index >= 15 is 0 Å². The van der Waals surface area contributed by atoms with Crippen molar-refractivity contribution in [2.75, 3.05) is 13.6 Å². The van der Waals surface area contributed by atoms with Crippen LogP contribution in [-0.4, -0.2) is 28.0 Å². The van der Waals surface area contributed by atoms with Gasteiger partial charge in [0, 0.05) is 24.9 Å². The predicted octanol–water partition coefficient (Wildman–Crippen LogP) is 1.14. The third kappa shape index (κ3) is 1.71. The first-order valence-electron chi connectivity index (χ1n) is 4.44. The number of aromatic nitrogens is 3. The van der Waals surface area contributed by atoms with Crippen molar-refractivity contribution in [1.82, 2.24) is 19.7 Å². The van der Waals surface area contributed by atoms with Crippen LogP contribution in [0.3, 0.4) is 0 Å². The molecule has 0 bridgehead atoms. The molecule has 0 aliphatic carbocycles. The van der Waals surface area contributed by atoms with Crippen molar-refractivity contribution in [3.8, 4) is 0 Å². The zero-order valence-corrected chi connectivity index (χ0v) is 8.62. The summed E-state index contributed by atoms with van der Waals surface area (Å²) < 4.78 is 1.75. The van der Waals surface area contributed by atoms with Crippen LogP contribution in [0.5, 0.6) is 0 Å². The van der Waals surface area contributed by atoms with Gasteiger partial charge in [0.25, 0.3) is 0 Å². The molecular weight excluding hydrogens is 200 g/mol. The molecule has 2 heterocycles. The summed E-state index contributed by atoms with van der Waals surface area (Å²) >= 11 is 5.88. The van der Waals surface area contributed by atoms with Crippen molar-refractivity contribution in [2.45, 2.75) is 6.42 Å². The minimum Gasteiger partial charge on any atom is -0.319 e. The number of hydrogen-bond donors (Lipinski definition) is 1. The van der Waals surface area contributed by atoms with E-state index in [4.69, 9.17) is 11.6 Å². The van der Waals surface area contributed by atoms with E-state index in [0.29, 0.717) is 10.9 Å². The molecule has 2 rings (SSSR count). The van der Waals surface area contributed by atoms with Gasteiger partial charge in [-0.1, -0.05) is 11.6 Å². The Morgan fingerprint density at radius 3 is 3.21 bits per heavy atom. The van der Waals surface area contributed by atoms with Crippen LogP contribution in [0.15, 0.2) is 18.5 Å². The number of halogens is 1. The average Bonchev–Trinajstić information content (AvgIpc) is 2.57. The van der Waals surface area contributed by atoms with Gasteiger partial charge in [-0.3, -0.25) is 4.40 Å². The maximum atomic E-state index is 5.88. The van der Waals surface area contributed by atoms with E-state index < -0.39 is 0 Å². The van der Waals surface area contributed by atoms with Gasteiger partial charge in [-0.15, -0.1) is 0 Å². The molecule has 0 saturated carbocycles. The molecule has 2 aromatic heterocycles. The molecule has 4 nitrogen and oxygen atoms in total. The lowest BCUT2D eigenvalue weighted by atomic mass is 10.3. The van der Waals surface area contributed by atoms with Crippen molar-refractivity contribution < 1.29 is 0 Å². The summed E-state index contributed by atoms with van der Waals surface area (Å²) in [6, 6.07) is 1.96. The van der Waals surface area contributed by atoms with Gasteiger partial charge >= 0.3 is 0 Å². The second-order valence-corrected chi connectivity index (χ2v) is 3.41. The molecule has 0 spiro atoms. The van der Waals surface area contributed by atoms with E-state index in [1.807, 2.05) is 19.3 Å². The molecule has 74 valence electrons. The largest absolute Gasteiger partial charge is 0.319 e. The Balaban J connectivity index is 2.32. The van der Waals surface area contributed by atoms with Crippen molar-refractivity contribution in [3.05, 3.63) is 29.3 Å². The van der Waals surface area contributed by atoms with E-state index in [1.165, 1.54) is 0 Å². The molecule has 0 unspecified atom stereocenters. The fourth-order valence-electron chi connectivity index (χ4n) is 1.27. The van der Waals surface area contributed by atoms with E-state index in [2.05, 4.69) is 15.3 Å². The van der Waals surface area contributed by atoms with Crippen LogP contribution >= 0.6 is 11.6 Å². The molecule has 2 aromatic rings. The molecule has 0 aromatic carbocycles. The second kappa shape index (κ2) is 3.94. The number of fused-ring (bicyclic) bond motifs is 1. The summed E-state index contributed by atoms with van der Waals surface area (Å²) in [6.07, 6.45) is 4.39. The standard InChI is InChI=1S/C9H11ClN4/c1-11-4-2-7-3-5-14-8(10)6-12-9(14)13-7/h3,5-6,11H,2,4H2,1H3. The summed E-state index contributed by atoms with van der Waals surface area (Å²) in [5, 5.41) is 3.67. The third-order valence-electron chi connectivity index (χ3n) is 2.02. The molecule has 0 aliphatic heterocycles. The second-order valence-electron chi connectivity index (χ2n) is 3.02. The first-order valence-corrected chi connectivity index (χ1v) is 4.82. The lowest BCUT2D eigenvalue weighted by molar-refractivity contribution is 0.775. The minimum atomic E-state index is 0.590. The highest BCUT2D eigenvalue weighted by molar-refractivity contribution is 6.29. The Kier molecular flexibility index (Phi) is 2.65. The van der Waals surface area contributed by atoms with E-state index in [9.17, 15) is 0 Å². The van der Waals surface area contributed by atoms with Gasteiger partial charge < -0.3 is 5.32 Å². The highest BCUT2D eigenvalue weighted by Crippen LogP contribution is 2.10. The highest BCUT2D eigenvalue weighted by atomic mass is 35.5. The van der Waals surface area contributed by atoms with E-state index in [0.717, 1.165) is 18.7 Å². The van der Waals surface area contributed by atoms with Gasteiger partial charge in [-0.2, -0.15) is 0 Å². The Bertz CT molecular complexity index is 437. The van der Waals surface area contributed by atoms with Gasteiger partial charge in [0.2, 0.25) is 5.78 Å². The van der Waals surface area contributed by atoms with Gasteiger partial charge in [-0.05, 0) is 13.1 Å². The quantitative estimate of drug-likeness (QED) is 0.827. The van der Waals surface area contributed by atoms with Gasteiger partial charge in [0.15, 0.2) is 0 Å². The summed E-state index contributed by atoms with van der Waals surface area (Å²) in [5.74, 6) is 0.656. The number of rotatable bonds is 3. The Hall–Kier alpha value is -1.13. The van der Waals surface area contributed by atoms with Crippen molar-refractivity contribution in [3.63, 3.8) is 0 Å². The van der Waals surface area contributed by atoms with Crippen molar-refractivity contribution >= 4 is 17.4 Å². The normalized spacial score (nSPS) is 11.0. The SMILES string of the molecule is CNCCc1ccn2c(Cl)cnc2n1. The molecule has 0 saturated heterocycles. The van der Waals surface area contributed by atoms with Gasteiger partial charge in [-0.25, -0.2) is 9.97 Å². The molecular formula is C9H11ClN4.